The van der Waals surface area contributed by atoms with Gasteiger partial charge in [0.2, 0.25) is 0 Å². The van der Waals surface area contributed by atoms with Crippen molar-refractivity contribution in [3.63, 3.8) is 0 Å². The lowest BCUT2D eigenvalue weighted by atomic mass is 9.93. The molecule has 1 aromatic heterocycles. The fraction of sp³-hybridized carbons (Fsp3) is 0.448. The third-order valence-corrected chi connectivity index (χ3v) is 6.56. The molecule has 4 heteroatoms. The molecular weight excluding hydrogens is 406 g/mol. The minimum atomic E-state index is 0.411. The van der Waals surface area contributed by atoms with E-state index in [1.807, 2.05) is 12.3 Å². The minimum Gasteiger partial charge on any atom is -0.497 e. The molecule has 0 aliphatic carbocycles. The van der Waals surface area contributed by atoms with Crippen LogP contribution in [-0.2, 0) is 6.42 Å². The topological polar surface area (TPSA) is 38.2 Å². The van der Waals surface area contributed by atoms with Crippen LogP contribution in [0.5, 0.6) is 5.75 Å². The number of unbranched alkanes of at least 4 members (excludes halogenated alkanes) is 4. The van der Waals surface area contributed by atoms with E-state index >= 15 is 0 Å². The molecule has 33 heavy (non-hydrogen) atoms. The molecule has 3 rings (SSSR count). The van der Waals surface area contributed by atoms with Crippen molar-refractivity contribution >= 4 is 28.0 Å². The Morgan fingerprint density at radius 3 is 2.52 bits per heavy atom. The molecule has 0 fully saturated rings. The molecule has 0 bridgehead atoms. The van der Waals surface area contributed by atoms with Gasteiger partial charge in [0.05, 0.1) is 30.0 Å². The number of methoxy groups -OCH3 is 1. The van der Waals surface area contributed by atoms with E-state index < -0.39 is 0 Å². The van der Waals surface area contributed by atoms with E-state index in [0.717, 1.165) is 52.3 Å². The first-order valence-electron chi connectivity index (χ1n) is 12.3. The van der Waals surface area contributed by atoms with E-state index in [0.29, 0.717) is 5.92 Å². The van der Waals surface area contributed by atoms with Gasteiger partial charge in [-0.15, -0.1) is 0 Å². The SMILES string of the molecule is C=C(c1cnc2ccc(N(C)c3cc(CC)cc(OC)c3)cc2n1)C(C)CCCCCCC. The number of fused-ring (bicyclic) bond motifs is 1. The van der Waals surface area contributed by atoms with Crippen LogP contribution in [0.2, 0.25) is 0 Å². The van der Waals surface area contributed by atoms with Gasteiger partial charge in [-0.25, -0.2) is 4.98 Å². The lowest BCUT2D eigenvalue weighted by Crippen LogP contribution is -2.10. The first-order chi connectivity index (χ1) is 16.0. The maximum atomic E-state index is 5.51. The number of aromatic nitrogens is 2. The number of rotatable bonds is 12. The zero-order chi connectivity index (χ0) is 23.8. The Morgan fingerprint density at radius 2 is 1.79 bits per heavy atom. The van der Waals surface area contributed by atoms with E-state index in [2.05, 4.69) is 74.6 Å². The van der Waals surface area contributed by atoms with E-state index in [9.17, 15) is 0 Å². The van der Waals surface area contributed by atoms with Crippen LogP contribution in [0.1, 0.15) is 70.6 Å². The maximum absolute atomic E-state index is 5.51. The summed E-state index contributed by atoms with van der Waals surface area (Å²) in [5.41, 5.74) is 7.19. The highest BCUT2D eigenvalue weighted by atomic mass is 16.5. The Hall–Kier alpha value is -2.88. The van der Waals surface area contributed by atoms with Gasteiger partial charge in [0.1, 0.15) is 5.75 Å². The van der Waals surface area contributed by atoms with Gasteiger partial charge in [-0.2, -0.15) is 0 Å². The summed E-state index contributed by atoms with van der Waals surface area (Å²) in [5.74, 6) is 1.28. The second kappa shape index (κ2) is 11.8. The highest BCUT2D eigenvalue weighted by Gasteiger charge is 2.13. The van der Waals surface area contributed by atoms with Gasteiger partial charge in [-0.3, -0.25) is 4.98 Å². The second-order valence-corrected chi connectivity index (χ2v) is 9.01. The molecule has 0 radical (unpaired) electrons. The van der Waals surface area contributed by atoms with Crippen LogP contribution in [0.3, 0.4) is 0 Å². The highest BCUT2D eigenvalue weighted by molar-refractivity contribution is 5.82. The Labute approximate surface area is 199 Å². The fourth-order valence-electron chi connectivity index (χ4n) is 4.15. The van der Waals surface area contributed by atoms with Crippen LogP contribution in [0.15, 0.2) is 49.2 Å². The molecule has 1 atom stereocenters. The maximum Gasteiger partial charge on any atom is 0.121 e. The van der Waals surface area contributed by atoms with E-state index in [-0.39, 0.29) is 0 Å². The number of hydrogen-bond donors (Lipinski definition) is 0. The van der Waals surface area contributed by atoms with Crippen LogP contribution in [-0.4, -0.2) is 24.1 Å². The smallest absolute Gasteiger partial charge is 0.121 e. The van der Waals surface area contributed by atoms with E-state index in [1.54, 1.807) is 7.11 Å². The normalized spacial score (nSPS) is 12.0. The summed E-state index contributed by atoms with van der Waals surface area (Å²) in [4.78, 5) is 11.8. The number of nitrogens with zero attached hydrogens (tertiary/aromatic N) is 3. The van der Waals surface area contributed by atoms with Crippen molar-refractivity contribution in [3.8, 4) is 5.75 Å². The van der Waals surface area contributed by atoms with Crippen molar-refractivity contribution in [2.75, 3.05) is 19.1 Å². The van der Waals surface area contributed by atoms with Crippen molar-refractivity contribution in [1.29, 1.82) is 0 Å². The lowest BCUT2D eigenvalue weighted by molar-refractivity contribution is 0.414. The van der Waals surface area contributed by atoms with Gasteiger partial charge < -0.3 is 9.64 Å². The average Bonchev–Trinajstić information content (AvgIpc) is 2.86. The summed E-state index contributed by atoms with van der Waals surface area (Å²) in [7, 11) is 3.79. The number of aryl methyl sites for hydroxylation is 1. The van der Waals surface area contributed by atoms with E-state index in [1.165, 1.54) is 37.7 Å². The standard InChI is InChI=1S/C29H39N3O/c1-7-9-10-11-12-13-21(3)22(4)29-20-30-27-15-14-24(19-28(27)31-29)32(5)25-16-23(8-2)17-26(18-25)33-6/h14-21H,4,7-13H2,1-3,5-6H3. The van der Waals surface area contributed by atoms with Gasteiger partial charge in [0.15, 0.2) is 0 Å². The summed E-state index contributed by atoms with van der Waals surface area (Å²) in [6.45, 7) is 11.0. The molecule has 3 aromatic rings. The number of anilines is 2. The van der Waals surface area contributed by atoms with Crippen LogP contribution in [0.4, 0.5) is 11.4 Å². The van der Waals surface area contributed by atoms with Gasteiger partial charge in [0.25, 0.3) is 0 Å². The summed E-state index contributed by atoms with van der Waals surface area (Å²) < 4.78 is 5.51. The fourth-order valence-corrected chi connectivity index (χ4v) is 4.15. The summed E-state index contributed by atoms with van der Waals surface area (Å²) in [5, 5.41) is 0. The molecule has 0 amide bonds. The molecule has 0 N–H and O–H groups in total. The number of allylic oxidation sites excluding steroid dienone is 1. The van der Waals surface area contributed by atoms with Crippen LogP contribution in [0.25, 0.3) is 16.6 Å². The molecule has 1 unspecified atom stereocenters. The van der Waals surface area contributed by atoms with Crippen LogP contribution >= 0.6 is 0 Å². The van der Waals surface area contributed by atoms with Gasteiger partial charge in [-0.1, -0.05) is 59.5 Å². The molecule has 0 aliphatic heterocycles. The first kappa shape index (κ1) is 24.8. The monoisotopic (exact) mass is 445 g/mol. The number of ether oxygens (including phenoxy) is 1. The number of benzene rings is 2. The molecule has 1 heterocycles. The summed E-state index contributed by atoms with van der Waals surface area (Å²) in [6, 6.07) is 12.6. The predicted octanol–water partition coefficient (Wildman–Crippen LogP) is 7.98. The largest absolute Gasteiger partial charge is 0.497 e. The van der Waals surface area contributed by atoms with Gasteiger partial charge in [-0.05, 0) is 60.2 Å². The highest BCUT2D eigenvalue weighted by Crippen LogP contribution is 2.31. The molecule has 0 saturated heterocycles. The molecule has 4 nitrogen and oxygen atoms in total. The Kier molecular flexibility index (Phi) is 8.87. The molecule has 0 spiro atoms. The zero-order valence-corrected chi connectivity index (χ0v) is 21.0. The van der Waals surface area contributed by atoms with Crippen LogP contribution < -0.4 is 9.64 Å². The lowest BCUT2D eigenvalue weighted by Gasteiger charge is -2.21. The quantitative estimate of drug-likeness (QED) is 0.265. The van der Waals surface area contributed by atoms with E-state index in [4.69, 9.17) is 9.72 Å². The first-order valence-corrected chi connectivity index (χ1v) is 12.3. The Balaban J connectivity index is 1.79. The van der Waals surface area contributed by atoms with Crippen molar-refractivity contribution in [1.82, 2.24) is 9.97 Å². The van der Waals surface area contributed by atoms with Crippen molar-refractivity contribution in [2.45, 2.75) is 65.7 Å². The van der Waals surface area contributed by atoms with Crippen LogP contribution in [0, 0.1) is 5.92 Å². The molecule has 176 valence electrons. The van der Waals surface area contributed by atoms with Gasteiger partial charge in [0, 0.05) is 24.5 Å². The Morgan fingerprint density at radius 1 is 1.00 bits per heavy atom. The second-order valence-electron chi connectivity index (χ2n) is 9.01. The molecule has 0 aliphatic rings. The third-order valence-electron chi connectivity index (χ3n) is 6.56. The molecule has 0 saturated carbocycles. The average molecular weight is 446 g/mol. The predicted molar refractivity (Wildman–Crippen MR) is 142 cm³/mol. The minimum absolute atomic E-state index is 0.411. The molecule has 2 aromatic carbocycles. The summed E-state index contributed by atoms with van der Waals surface area (Å²) in [6.07, 6.45) is 10.5. The Bertz CT molecular complexity index is 1050. The van der Waals surface area contributed by atoms with Crippen molar-refractivity contribution in [2.24, 2.45) is 5.92 Å². The number of hydrogen-bond acceptors (Lipinski definition) is 4. The van der Waals surface area contributed by atoms with Crippen molar-refractivity contribution in [3.05, 3.63) is 60.4 Å². The zero-order valence-electron chi connectivity index (χ0n) is 21.0. The molecular formula is C29H39N3O. The van der Waals surface area contributed by atoms with Crippen molar-refractivity contribution < 1.29 is 4.74 Å². The summed E-state index contributed by atoms with van der Waals surface area (Å²) >= 11 is 0. The third kappa shape index (κ3) is 6.34. The van der Waals surface area contributed by atoms with Gasteiger partial charge >= 0.3 is 0 Å².